The lowest BCUT2D eigenvalue weighted by atomic mass is 10.3. The molecule has 0 fully saturated rings. The first-order valence-electron chi connectivity index (χ1n) is 5.02. The van der Waals surface area contributed by atoms with E-state index in [0.29, 0.717) is 6.54 Å². The van der Waals surface area contributed by atoms with Crippen LogP contribution in [0.15, 0.2) is 5.38 Å². The Morgan fingerprint density at radius 3 is 3.00 bits per heavy atom. The van der Waals surface area contributed by atoms with E-state index in [1.165, 1.54) is 6.92 Å². The number of nitrogens with one attached hydrogen (secondary N) is 1. The van der Waals surface area contributed by atoms with Crippen molar-refractivity contribution in [1.29, 1.82) is 0 Å². The van der Waals surface area contributed by atoms with Gasteiger partial charge < -0.3 is 10.4 Å². The molecule has 0 bridgehead atoms. The largest absolute Gasteiger partial charge is 0.384 e. The van der Waals surface area contributed by atoms with Crippen LogP contribution < -0.4 is 5.32 Å². The molecule has 0 aliphatic carbocycles. The molecule has 1 aromatic rings. The lowest BCUT2D eigenvalue weighted by Crippen LogP contribution is -2.33. The van der Waals surface area contributed by atoms with Crippen molar-refractivity contribution < 1.29 is 9.90 Å². The van der Waals surface area contributed by atoms with E-state index < -0.39 is 6.10 Å². The number of aliphatic hydroxyl groups excluding tert-OH is 1. The minimum Gasteiger partial charge on any atom is -0.384 e. The Morgan fingerprint density at radius 2 is 2.47 bits per heavy atom. The molecule has 0 aliphatic heterocycles. The summed E-state index contributed by atoms with van der Waals surface area (Å²) in [5, 5.41) is 14.7. The predicted octanol–water partition coefficient (Wildman–Crippen LogP) is 0.745. The maximum Gasteiger partial charge on any atom is 0.248 e. The van der Waals surface area contributed by atoms with Crippen LogP contribution in [-0.2, 0) is 17.6 Å². The zero-order chi connectivity index (χ0) is 11.3. The minimum absolute atomic E-state index is 0.332. The molecular formula is C10H16N2O2S. The highest BCUT2D eigenvalue weighted by Gasteiger charge is 2.07. The summed E-state index contributed by atoms with van der Waals surface area (Å²) in [6, 6.07) is 0. The van der Waals surface area contributed by atoms with Crippen molar-refractivity contribution in [1.82, 2.24) is 10.3 Å². The quantitative estimate of drug-likeness (QED) is 0.781. The Morgan fingerprint density at radius 1 is 1.73 bits per heavy atom. The molecule has 0 saturated heterocycles. The topological polar surface area (TPSA) is 62.2 Å². The van der Waals surface area contributed by atoms with Gasteiger partial charge in [0, 0.05) is 18.3 Å². The van der Waals surface area contributed by atoms with Crippen molar-refractivity contribution >= 4 is 17.2 Å². The van der Waals surface area contributed by atoms with E-state index in [4.69, 9.17) is 5.11 Å². The fourth-order valence-corrected chi connectivity index (χ4v) is 1.87. The van der Waals surface area contributed by atoms with E-state index in [-0.39, 0.29) is 5.91 Å². The Kier molecular flexibility index (Phi) is 4.71. The Balaban J connectivity index is 2.28. The van der Waals surface area contributed by atoms with Crippen LogP contribution in [0.3, 0.4) is 0 Å². The normalized spacial score (nSPS) is 12.5. The van der Waals surface area contributed by atoms with E-state index in [2.05, 4.69) is 17.2 Å². The van der Waals surface area contributed by atoms with E-state index >= 15 is 0 Å². The summed E-state index contributed by atoms with van der Waals surface area (Å²) in [5.74, 6) is -0.332. The van der Waals surface area contributed by atoms with E-state index in [0.717, 1.165) is 23.5 Å². The third kappa shape index (κ3) is 3.97. The van der Waals surface area contributed by atoms with Gasteiger partial charge in [0.05, 0.1) is 10.7 Å². The zero-order valence-electron chi connectivity index (χ0n) is 8.99. The number of amides is 1. The van der Waals surface area contributed by atoms with Crippen LogP contribution >= 0.6 is 11.3 Å². The summed E-state index contributed by atoms with van der Waals surface area (Å²) in [4.78, 5) is 15.4. The number of thiazole rings is 1. The molecule has 0 aromatic carbocycles. The second-order valence-corrected chi connectivity index (χ2v) is 4.25. The number of rotatable bonds is 5. The second kappa shape index (κ2) is 5.82. The van der Waals surface area contributed by atoms with Gasteiger partial charge in [-0.15, -0.1) is 11.3 Å². The van der Waals surface area contributed by atoms with Gasteiger partial charge in [-0.3, -0.25) is 4.79 Å². The van der Waals surface area contributed by atoms with Gasteiger partial charge in [0.25, 0.3) is 0 Å². The number of carbonyl (C=O) groups excluding carboxylic acids is 1. The van der Waals surface area contributed by atoms with Gasteiger partial charge >= 0.3 is 0 Å². The summed E-state index contributed by atoms with van der Waals surface area (Å²) < 4.78 is 0. The van der Waals surface area contributed by atoms with Gasteiger partial charge in [0.1, 0.15) is 6.10 Å². The van der Waals surface area contributed by atoms with Crippen molar-refractivity contribution in [3.8, 4) is 0 Å². The summed E-state index contributed by atoms with van der Waals surface area (Å²) >= 11 is 1.64. The lowest BCUT2D eigenvalue weighted by Gasteiger charge is -2.05. The molecule has 2 N–H and O–H groups in total. The van der Waals surface area contributed by atoms with E-state index in [1.54, 1.807) is 11.3 Å². The summed E-state index contributed by atoms with van der Waals surface area (Å²) in [5.41, 5.74) is 1.00. The maximum atomic E-state index is 11.0. The Bertz CT molecular complexity index is 323. The van der Waals surface area contributed by atoms with Crippen molar-refractivity contribution in [2.45, 2.75) is 32.8 Å². The minimum atomic E-state index is -0.938. The summed E-state index contributed by atoms with van der Waals surface area (Å²) in [7, 11) is 0. The highest BCUT2D eigenvalue weighted by atomic mass is 32.1. The van der Waals surface area contributed by atoms with Gasteiger partial charge in [0.15, 0.2) is 0 Å². The highest BCUT2D eigenvalue weighted by Crippen LogP contribution is 2.10. The number of hydrogen-bond donors (Lipinski definition) is 2. The van der Waals surface area contributed by atoms with Gasteiger partial charge in [0.2, 0.25) is 5.91 Å². The van der Waals surface area contributed by atoms with Crippen molar-refractivity contribution in [3.63, 3.8) is 0 Å². The molecule has 1 amide bonds. The number of hydrogen-bond acceptors (Lipinski definition) is 4. The maximum absolute atomic E-state index is 11.0. The smallest absolute Gasteiger partial charge is 0.248 e. The molecule has 0 aliphatic rings. The second-order valence-electron chi connectivity index (χ2n) is 3.30. The van der Waals surface area contributed by atoms with Crippen LogP contribution in [0.2, 0.25) is 0 Å². The molecule has 1 aromatic heterocycles. The number of aryl methyl sites for hydroxylation is 1. The van der Waals surface area contributed by atoms with Crippen molar-refractivity contribution in [2.24, 2.45) is 0 Å². The fourth-order valence-electron chi connectivity index (χ4n) is 1.09. The highest BCUT2D eigenvalue weighted by molar-refractivity contribution is 7.09. The molecule has 1 rings (SSSR count). The molecule has 1 heterocycles. The zero-order valence-corrected chi connectivity index (χ0v) is 9.80. The summed E-state index contributed by atoms with van der Waals surface area (Å²) in [6.45, 7) is 4.04. The van der Waals surface area contributed by atoms with Gasteiger partial charge in [-0.2, -0.15) is 0 Å². The third-order valence-electron chi connectivity index (χ3n) is 1.96. The molecule has 0 radical (unpaired) electrons. The number of aliphatic hydroxyl groups is 1. The number of carbonyl (C=O) groups is 1. The molecule has 1 unspecified atom stereocenters. The molecule has 4 nitrogen and oxygen atoms in total. The Hall–Kier alpha value is -0.940. The van der Waals surface area contributed by atoms with Crippen LogP contribution in [0.1, 0.15) is 24.5 Å². The van der Waals surface area contributed by atoms with Crippen molar-refractivity contribution in [2.75, 3.05) is 6.54 Å². The molecule has 1 atom stereocenters. The van der Waals surface area contributed by atoms with Crippen LogP contribution in [0.4, 0.5) is 0 Å². The predicted molar refractivity (Wildman–Crippen MR) is 59.9 cm³/mol. The average Bonchev–Trinajstić information content (AvgIpc) is 2.65. The lowest BCUT2D eigenvalue weighted by molar-refractivity contribution is -0.128. The first-order valence-corrected chi connectivity index (χ1v) is 5.90. The van der Waals surface area contributed by atoms with Crippen molar-refractivity contribution in [3.05, 3.63) is 16.1 Å². The van der Waals surface area contributed by atoms with E-state index in [9.17, 15) is 4.79 Å². The van der Waals surface area contributed by atoms with Crippen LogP contribution in [0.25, 0.3) is 0 Å². The molecule has 0 saturated carbocycles. The van der Waals surface area contributed by atoms with Gasteiger partial charge in [-0.1, -0.05) is 6.92 Å². The number of nitrogens with zero attached hydrogens (tertiary/aromatic N) is 1. The Labute approximate surface area is 93.4 Å². The first kappa shape index (κ1) is 12.1. The molecule has 84 valence electrons. The number of aromatic nitrogens is 1. The average molecular weight is 228 g/mol. The molecule has 15 heavy (non-hydrogen) atoms. The SMILES string of the molecule is CCc1nc(CCNC(=O)C(C)O)cs1. The monoisotopic (exact) mass is 228 g/mol. The van der Waals surface area contributed by atoms with Crippen LogP contribution in [-0.4, -0.2) is 28.6 Å². The van der Waals surface area contributed by atoms with Crippen LogP contribution in [0.5, 0.6) is 0 Å². The van der Waals surface area contributed by atoms with Gasteiger partial charge in [-0.25, -0.2) is 4.98 Å². The van der Waals surface area contributed by atoms with Gasteiger partial charge in [-0.05, 0) is 13.3 Å². The molecule has 5 heteroatoms. The first-order chi connectivity index (χ1) is 7.13. The molecule has 0 spiro atoms. The molecular weight excluding hydrogens is 212 g/mol. The summed E-state index contributed by atoms with van der Waals surface area (Å²) in [6.07, 6.45) is 0.728. The van der Waals surface area contributed by atoms with Crippen LogP contribution in [0, 0.1) is 0 Å². The fraction of sp³-hybridized carbons (Fsp3) is 0.600. The van der Waals surface area contributed by atoms with E-state index in [1.807, 2.05) is 5.38 Å². The standard InChI is InChI=1S/C10H16N2O2S/c1-3-9-12-8(6-15-9)4-5-11-10(14)7(2)13/h6-7,13H,3-5H2,1-2H3,(H,11,14). The third-order valence-corrected chi connectivity index (χ3v) is 3.00.